The van der Waals surface area contributed by atoms with Crippen molar-refractivity contribution < 1.29 is 24.6 Å². The molecule has 0 fully saturated rings. The Hall–Kier alpha value is -1.24. The van der Waals surface area contributed by atoms with Gasteiger partial charge in [-0.25, -0.2) is 0 Å². The first-order chi connectivity index (χ1) is 9.23. The molecule has 0 aliphatic carbocycles. The maximum Gasteiger partial charge on any atom is 0.264 e. The van der Waals surface area contributed by atoms with E-state index in [-0.39, 0.29) is 13.1 Å². The van der Waals surface area contributed by atoms with E-state index in [1.54, 1.807) is 31.2 Å². The monoisotopic (exact) mass is 302 g/mol. The molecule has 4 N–H and O–H groups in total. The van der Waals surface area contributed by atoms with Crippen LogP contribution in [0.3, 0.4) is 0 Å². The zero-order valence-electron chi connectivity index (χ0n) is 11.4. The van der Waals surface area contributed by atoms with Crippen LogP contribution < -0.4 is 10.4 Å². The second-order valence-corrected chi connectivity index (χ2v) is 7.03. The highest BCUT2D eigenvalue weighted by molar-refractivity contribution is 7.57. The smallest absolute Gasteiger partial charge is 0.264 e. The van der Waals surface area contributed by atoms with Gasteiger partial charge in [-0.2, -0.15) is 5.06 Å². The Morgan fingerprint density at radius 3 is 2.60 bits per heavy atom. The number of nitrogens with zero attached hydrogens (tertiary/aromatic N) is 1. The van der Waals surface area contributed by atoms with Gasteiger partial charge in [0.1, 0.15) is 5.85 Å². The van der Waals surface area contributed by atoms with E-state index in [1.807, 2.05) is 0 Å². The molecule has 1 aromatic carbocycles. The summed E-state index contributed by atoms with van der Waals surface area (Å²) in [4.78, 5) is 20.8. The summed E-state index contributed by atoms with van der Waals surface area (Å²) in [6, 6.07) is 6.82. The fraction of sp³-hybridized carbons (Fsp3) is 0.417. The van der Waals surface area contributed by atoms with Crippen molar-refractivity contribution >= 4 is 19.0 Å². The first-order valence-electron chi connectivity index (χ1n) is 5.99. The van der Waals surface area contributed by atoms with E-state index in [9.17, 15) is 19.7 Å². The number of hydroxylamine groups is 1. The minimum atomic E-state index is -3.60. The maximum absolute atomic E-state index is 11.7. The second kappa shape index (κ2) is 6.97. The van der Waals surface area contributed by atoms with E-state index in [2.05, 4.69) is 5.32 Å². The molecule has 112 valence electrons. The van der Waals surface area contributed by atoms with Gasteiger partial charge in [0, 0.05) is 13.2 Å². The third-order valence-electron chi connectivity index (χ3n) is 2.74. The number of amides is 1. The van der Waals surface area contributed by atoms with E-state index in [0.29, 0.717) is 10.8 Å². The Labute approximate surface area is 117 Å². The largest absolute Gasteiger partial charge is 0.382 e. The van der Waals surface area contributed by atoms with Crippen LogP contribution in [0.4, 0.5) is 5.69 Å². The predicted molar refractivity (Wildman–Crippen MR) is 75.1 cm³/mol. The molecule has 0 radical (unpaired) electrons. The molecule has 1 rings (SSSR count). The molecular formula is C12H19N2O5P. The molecule has 0 heterocycles. The Balaban J connectivity index is 2.52. The van der Waals surface area contributed by atoms with Gasteiger partial charge >= 0.3 is 0 Å². The lowest BCUT2D eigenvalue weighted by molar-refractivity contribution is -0.122. The molecule has 0 saturated carbocycles. The third kappa shape index (κ3) is 4.70. The number of benzene rings is 1. The average Bonchev–Trinajstić information content (AvgIpc) is 2.37. The predicted octanol–water partition coefficient (Wildman–Crippen LogP) is 0.525. The summed E-state index contributed by atoms with van der Waals surface area (Å²) in [5.74, 6) is -2.07. The highest BCUT2D eigenvalue weighted by Gasteiger charge is 2.23. The zero-order chi connectivity index (χ0) is 15.3. The fourth-order valence-corrected chi connectivity index (χ4v) is 1.96. The number of hydrogen-bond donors (Lipinski definition) is 4. The molecule has 0 aliphatic heterocycles. The van der Waals surface area contributed by atoms with Crippen molar-refractivity contribution in [3.05, 3.63) is 29.8 Å². The lowest BCUT2D eigenvalue weighted by Crippen LogP contribution is -2.39. The molecular weight excluding hydrogens is 283 g/mol. The number of aliphatic hydroxyl groups is 1. The van der Waals surface area contributed by atoms with Gasteiger partial charge in [0.2, 0.25) is 7.37 Å². The quantitative estimate of drug-likeness (QED) is 0.346. The van der Waals surface area contributed by atoms with Gasteiger partial charge in [0.15, 0.2) is 0 Å². The van der Waals surface area contributed by atoms with Crippen molar-refractivity contribution in [2.75, 3.05) is 24.8 Å². The fourth-order valence-electron chi connectivity index (χ4n) is 1.49. The third-order valence-corrected chi connectivity index (χ3v) is 4.02. The summed E-state index contributed by atoms with van der Waals surface area (Å²) in [7, 11) is -3.60. The molecule has 1 aromatic rings. The van der Waals surface area contributed by atoms with Gasteiger partial charge in [-0.3, -0.25) is 14.6 Å². The van der Waals surface area contributed by atoms with Crippen LogP contribution in [0.1, 0.15) is 5.56 Å². The molecule has 1 amide bonds. The molecule has 2 unspecified atom stereocenters. The number of carbonyl (C=O) groups is 1. The van der Waals surface area contributed by atoms with Crippen LogP contribution in [0.2, 0.25) is 0 Å². The summed E-state index contributed by atoms with van der Waals surface area (Å²) in [5, 5.41) is 22.1. The van der Waals surface area contributed by atoms with Crippen LogP contribution in [-0.4, -0.2) is 46.7 Å². The van der Waals surface area contributed by atoms with Crippen molar-refractivity contribution in [1.29, 1.82) is 0 Å². The number of aryl methyl sites for hydroxylation is 1. The molecule has 20 heavy (non-hydrogen) atoms. The van der Waals surface area contributed by atoms with Crippen LogP contribution in [0, 0.1) is 6.92 Å². The zero-order valence-corrected chi connectivity index (χ0v) is 12.2. The van der Waals surface area contributed by atoms with Crippen LogP contribution in [-0.2, 0) is 9.36 Å². The van der Waals surface area contributed by atoms with Crippen LogP contribution in [0.15, 0.2) is 24.3 Å². The van der Waals surface area contributed by atoms with Crippen molar-refractivity contribution in [1.82, 2.24) is 5.32 Å². The van der Waals surface area contributed by atoms with E-state index in [1.165, 1.54) is 0 Å². The summed E-state index contributed by atoms with van der Waals surface area (Å²) in [5.41, 5.74) is 1.10. The highest BCUT2D eigenvalue weighted by Crippen LogP contribution is 2.39. The van der Waals surface area contributed by atoms with Gasteiger partial charge in [-0.1, -0.05) is 18.2 Å². The average molecular weight is 302 g/mol. The Morgan fingerprint density at radius 2 is 2.05 bits per heavy atom. The van der Waals surface area contributed by atoms with Gasteiger partial charge in [-0.05, 0) is 18.6 Å². The summed E-state index contributed by atoms with van der Waals surface area (Å²) in [6.45, 7) is 2.31. The van der Waals surface area contributed by atoms with Gasteiger partial charge in [-0.15, -0.1) is 0 Å². The molecule has 0 bridgehead atoms. The molecule has 0 saturated heterocycles. The lowest BCUT2D eigenvalue weighted by atomic mass is 10.2. The van der Waals surface area contributed by atoms with Gasteiger partial charge in [0.05, 0.1) is 12.2 Å². The van der Waals surface area contributed by atoms with E-state index >= 15 is 0 Å². The van der Waals surface area contributed by atoms with Crippen LogP contribution in [0.25, 0.3) is 0 Å². The van der Waals surface area contributed by atoms with Crippen molar-refractivity contribution in [2.45, 2.75) is 12.8 Å². The normalized spacial score (nSPS) is 15.4. The first-order valence-corrected chi connectivity index (χ1v) is 8.17. The number of rotatable bonds is 6. The number of anilines is 1. The van der Waals surface area contributed by atoms with Crippen molar-refractivity contribution in [2.24, 2.45) is 0 Å². The summed E-state index contributed by atoms with van der Waals surface area (Å²) in [6.07, 6.45) is 0. The summed E-state index contributed by atoms with van der Waals surface area (Å²) < 4.78 is 11.1. The van der Waals surface area contributed by atoms with Gasteiger partial charge in [0.25, 0.3) is 5.91 Å². The molecule has 0 aromatic heterocycles. The number of nitrogens with one attached hydrogen (secondary N) is 1. The van der Waals surface area contributed by atoms with E-state index in [4.69, 9.17) is 4.89 Å². The van der Waals surface area contributed by atoms with E-state index in [0.717, 1.165) is 12.2 Å². The topological polar surface area (TPSA) is 110 Å². The molecule has 8 heteroatoms. The number of hydrogen-bond acceptors (Lipinski definition) is 5. The first kappa shape index (κ1) is 16.8. The number of para-hydroxylation sites is 1. The minimum Gasteiger partial charge on any atom is -0.382 e. The van der Waals surface area contributed by atoms with Crippen molar-refractivity contribution in [3.63, 3.8) is 0 Å². The van der Waals surface area contributed by atoms with E-state index < -0.39 is 19.1 Å². The maximum atomic E-state index is 11.7. The molecule has 0 aliphatic rings. The Morgan fingerprint density at radius 1 is 1.45 bits per heavy atom. The van der Waals surface area contributed by atoms with Gasteiger partial charge < -0.3 is 15.3 Å². The molecule has 7 nitrogen and oxygen atoms in total. The Bertz CT molecular complexity index is 516. The standard InChI is InChI=1S/C12H19N2O5P/c1-9-5-3-4-6-10(9)14(17)11(15)7-13-8-12(16)20(2,18)19/h3-6,12-13,16-17H,7-8H2,1-2H3,(H,18,19). The minimum absolute atomic E-state index is 0.211. The summed E-state index contributed by atoms with van der Waals surface area (Å²) >= 11 is 0. The number of aliphatic hydroxyl groups excluding tert-OH is 1. The second-order valence-electron chi connectivity index (χ2n) is 4.55. The van der Waals surface area contributed by atoms with Crippen molar-refractivity contribution in [3.8, 4) is 0 Å². The SMILES string of the molecule is Cc1ccccc1N(O)C(=O)CNCC(O)P(C)(=O)O. The van der Waals surface area contributed by atoms with Crippen LogP contribution >= 0.6 is 7.37 Å². The molecule has 0 spiro atoms. The Kier molecular flexibility index (Phi) is 5.86. The number of carbonyl (C=O) groups excluding carboxylic acids is 1. The molecule has 2 atom stereocenters. The lowest BCUT2D eigenvalue weighted by Gasteiger charge is -2.18. The van der Waals surface area contributed by atoms with Crippen LogP contribution in [0.5, 0.6) is 0 Å². The highest BCUT2D eigenvalue weighted by atomic mass is 31.2.